The highest BCUT2D eigenvalue weighted by Gasteiger charge is 2.07. The number of pyridine rings is 1. The number of hydrogen-bond acceptors (Lipinski definition) is 2. The highest BCUT2D eigenvalue weighted by Crippen LogP contribution is 2.18. The molecule has 3 heteroatoms. The number of aromatic nitrogens is 1. The standard InChI is InChI=1S/C12H19FN2/c1-8(2)6-14-12-11(13)5-10(7-15-12)9(3)4/h5,7-9H,6H2,1-4H3,(H,14,15). The fraction of sp³-hybridized carbons (Fsp3) is 0.583. The number of hydrogen-bond donors (Lipinski definition) is 1. The molecule has 1 heterocycles. The van der Waals surface area contributed by atoms with E-state index < -0.39 is 0 Å². The molecule has 0 aliphatic carbocycles. The molecule has 1 aromatic heterocycles. The zero-order valence-electron chi connectivity index (χ0n) is 9.84. The minimum absolute atomic E-state index is 0.262. The maximum atomic E-state index is 13.5. The molecule has 1 rings (SSSR count). The Kier molecular flexibility index (Phi) is 4.06. The number of nitrogens with zero attached hydrogens (tertiary/aromatic N) is 1. The number of rotatable bonds is 4. The first-order valence-corrected chi connectivity index (χ1v) is 5.40. The van der Waals surface area contributed by atoms with Crippen molar-refractivity contribution in [3.05, 3.63) is 23.6 Å². The van der Waals surface area contributed by atoms with Gasteiger partial charge in [0.2, 0.25) is 0 Å². The van der Waals surface area contributed by atoms with E-state index in [0.717, 1.165) is 12.1 Å². The predicted molar refractivity (Wildman–Crippen MR) is 61.6 cm³/mol. The fourth-order valence-corrected chi connectivity index (χ4v) is 1.20. The molecule has 0 fully saturated rings. The average molecular weight is 210 g/mol. The van der Waals surface area contributed by atoms with Crippen LogP contribution >= 0.6 is 0 Å². The van der Waals surface area contributed by atoms with Crippen molar-refractivity contribution >= 4 is 5.82 Å². The van der Waals surface area contributed by atoms with E-state index in [2.05, 4.69) is 24.1 Å². The molecule has 0 bridgehead atoms. The SMILES string of the molecule is CC(C)CNc1ncc(C(C)C)cc1F. The van der Waals surface area contributed by atoms with E-state index in [-0.39, 0.29) is 5.82 Å². The summed E-state index contributed by atoms with van der Waals surface area (Å²) in [5.74, 6) is 0.886. The lowest BCUT2D eigenvalue weighted by atomic mass is 10.1. The second kappa shape index (κ2) is 5.10. The first-order valence-electron chi connectivity index (χ1n) is 5.40. The summed E-state index contributed by atoms with van der Waals surface area (Å²) in [6, 6.07) is 1.56. The molecule has 0 radical (unpaired) electrons. The molecule has 0 saturated heterocycles. The van der Waals surface area contributed by atoms with E-state index >= 15 is 0 Å². The number of halogens is 1. The van der Waals surface area contributed by atoms with Crippen molar-refractivity contribution in [1.29, 1.82) is 0 Å². The van der Waals surface area contributed by atoms with Crippen molar-refractivity contribution < 1.29 is 4.39 Å². The number of anilines is 1. The largest absolute Gasteiger partial charge is 0.367 e. The van der Waals surface area contributed by atoms with Crippen LogP contribution < -0.4 is 5.32 Å². The molecule has 1 N–H and O–H groups in total. The van der Waals surface area contributed by atoms with Crippen LogP contribution in [-0.4, -0.2) is 11.5 Å². The second-order valence-electron chi connectivity index (χ2n) is 4.53. The second-order valence-corrected chi connectivity index (χ2v) is 4.53. The molecule has 0 atom stereocenters. The predicted octanol–water partition coefficient (Wildman–Crippen LogP) is 3.41. The summed E-state index contributed by atoms with van der Waals surface area (Å²) in [6.45, 7) is 8.95. The molecule has 0 amide bonds. The van der Waals surface area contributed by atoms with Crippen LogP contribution in [0.15, 0.2) is 12.3 Å². The summed E-state index contributed by atoms with van der Waals surface area (Å²) in [6.07, 6.45) is 1.73. The zero-order valence-corrected chi connectivity index (χ0v) is 9.84. The van der Waals surface area contributed by atoms with Crippen LogP contribution in [-0.2, 0) is 0 Å². The van der Waals surface area contributed by atoms with Crippen LogP contribution in [0.1, 0.15) is 39.2 Å². The van der Waals surface area contributed by atoms with Gasteiger partial charge in [-0.05, 0) is 23.5 Å². The number of nitrogens with one attached hydrogen (secondary N) is 1. The minimum atomic E-state index is -0.262. The summed E-state index contributed by atoms with van der Waals surface area (Å²) in [5, 5.41) is 2.99. The molecule has 84 valence electrons. The third kappa shape index (κ3) is 3.50. The van der Waals surface area contributed by atoms with Gasteiger partial charge in [-0.25, -0.2) is 9.37 Å². The van der Waals surface area contributed by atoms with E-state index in [4.69, 9.17) is 0 Å². The molecule has 0 spiro atoms. The minimum Gasteiger partial charge on any atom is -0.367 e. The molecule has 1 aromatic rings. The molecule has 0 aliphatic rings. The van der Waals surface area contributed by atoms with Crippen molar-refractivity contribution in [3.8, 4) is 0 Å². The van der Waals surface area contributed by atoms with Crippen LogP contribution in [0.2, 0.25) is 0 Å². The molecule has 0 saturated carbocycles. The topological polar surface area (TPSA) is 24.9 Å². The van der Waals surface area contributed by atoms with Gasteiger partial charge < -0.3 is 5.32 Å². The van der Waals surface area contributed by atoms with Crippen LogP contribution in [0.5, 0.6) is 0 Å². The summed E-state index contributed by atoms with van der Waals surface area (Å²) < 4.78 is 13.5. The van der Waals surface area contributed by atoms with Crippen LogP contribution in [0.4, 0.5) is 10.2 Å². The monoisotopic (exact) mass is 210 g/mol. The van der Waals surface area contributed by atoms with Gasteiger partial charge >= 0.3 is 0 Å². The van der Waals surface area contributed by atoms with E-state index in [9.17, 15) is 4.39 Å². The van der Waals surface area contributed by atoms with Gasteiger partial charge in [0.15, 0.2) is 11.6 Å². The Morgan fingerprint density at radius 2 is 2.00 bits per heavy atom. The highest BCUT2D eigenvalue weighted by atomic mass is 19.1. The van der Waals surface area contributed by atoms with Gasteiger partial charge in [0.1, 0.15) is 0 Å². The quantitative estimate of drug-likeness (QED) is 0.823. The molecule has 0 aromatic carbocycles. The highest BCUT2D eigenvalue weighted by molar-refractivity contribution is 5.38. The van der Waals surface area contributed by atoms with Gasteiger partial charge in [0.25, 0.3) is 0 Å². The van der Waals surface area contributed by atoms with Crippen LogP contribution in [0.25, 0.3) is 0 Å². The van der Waals surface area contributed by atoms with Crippen molar-refractivity contribution in [3.63, 3.8) is 0 Å². The van der Waals surface area contributed by atoms with Crippen molar-refractivity contribution in [2.75, 3.05) is 11.9 Å². The lowest BCUT2D eigenvalue weighted by Gasteiger charge is -2.11. The summed E-state index contributed by atoms with van der Waals surface area (Å²) in [7, 11) is 0. The molecular formula is C12H19FN2. The first-order chi connectivity index (χ1) is 7.00. The van der Waals surface area contributed by atoms with E-state index in [0.29, 0.717) is 17.7 Å². The molecule has 2 nitrogen and oxygen atoms in total. The van der Waals surface area contributed by atoms with Gasteiger partial charge in [0, 0.05) is 12.7 Å². The van der Waals surface area contributed by atoms with Crippen LogP contribution in [0, 0.1) is 11.7 Å². The third-order valence-electron chi connectivity index (χ3n) is 2.21. The zero-order chi connectivity index (χ0) is 11.4. The van der Waals surface area contributed by atoms with Crippen molar-refractivity contribution in [2.24, 2.45) is 5.92 Å². The summed E-state index contributed by atoms with van der Waals surface area (Å²) >= 11 is 0. The van der Waals surface area contributed by atoms with Gasteiger partial charge in [-0.1, -0.05) is 27.7 Å². The third-order valence-corrected chi connectivity index (χ3v) is 2.21. The van der Waals surface area contributed by atoms with E-state index in [1.165, 1.54) is 0 Å². The maximum absolute atomic E-state index is 13.5. The normalized spacial score (nSPS) is 11.1. The van der Waals surface area contributed by atoms with Crippen molar-refractivity contribution in [1.82, 2.24) is 4.98 Å². The van der Waals surface area contributed by atoms with E-state index in [1.807, 2.05) is 13.8 Å². The van der Waals surface area contributed by atoms with Gasteiger partial charge in [0.05, 0.1) is 0 Å². The Balaban J connectivity index is 2.75. The van der Waals surface area contributed by atoms with Gasteiger partial charge in [-0.2, -0.15) is 0 Å². The smallest absolute Gasteiger partial charge is 0.165 e. The van der Waals surface area contributed by atoms with Crippen LogP contribution in [0.3, 0.4) is 0 Å². The van der Waals surface area contributed by atoms with E-state index in [1.54, 1.807) is 12.3 Å². The van der Waals surface area contributed by atoms with Gasteiger partial charge in [-0.15, -0.1) is 0 Å². The Morgan fingerprint density at radius 3 is 2.47 bits per heavy atom. The Bertz CT molecular complexity index is 321. The molecule has 0 unspecified atom stereocenters. The Labute approximate surface area is 90.9 Å². The van der Waals surface area contributed by atoms with Gasteiger partial charge in [-0.3, -0.25) is 0 Å². The first kappa shape index (κ1) is 12.0. The molecule has 15 heavy (non-hydrogen) atoms. The summed E-state index contributed by atoms with van der Waals surface area (Å²) in [5.41, 5.74) is 0.933. The lowest BCUT2D eigenvalue weighted by molar-refractivity contribution is 0.612. The fourth-order valence-electron chi connectivity index (χ4n) is 1.20. The maximum Gasteiger partial charge on any atom is 0.165 e. The van der Waals surface area contributed by atoms with Crippen molar-refractivity contribution in [2.45, 2.75) is 33.6 Å². The average Bonchev–Trinajstić information content (AvgIpc) is 2.15. The molecule has 0 aliphatic heterocycles. The Morgan fingerprint density at radius 1 is 1.33 bits per heavy atom. The molecular weight excluding hydrogens is 191 g/mol. The lowest BCUT2D eigenvalue weighted by Crippen LogP contribution is -2.11. The Hall–Kier alpha value is -1.12. The summed E-state index contributed by atoms with van der Waals surface area (Å²) in [4.78, 5) is 4.09.